The molecular weight excluding hydrogens is 268 g/mol. The molecule has 3 rings (SSSR count). The van der Waals surface area contributed by atoms with Gasteiger partial charge in [-0.15, -0.1) is 0 Å². The minimum absolute atomic E-state index is 0.237. The van der Waals surface area contributed by atoms with Gasteiger partial charge in [-0.25, -0.2) is 9.59 Å². The average molecular weight is 278 g/mol. The number of ether oxygens (including phenoxy) is 2. The Kier molecular flexibility index (Phi) is 2.56. The van der Waals surface area contributed by atoms with Crippen LogP contribution in [0.4, 0.5) is 0 Å². The molecule has 1 aliphatic heterocycles. The predicted molar refractivity (Wildman–Crippen MR) is 62.9 cm³/mol. The zero-order chi connectivity index (χ0) is 14.5. The molecule has 7 heteroatoms. The first-order chi connectivity index (χ1) is 9.45. The van der Waals surface area contributed by atoms with Gasteiger partial charge in [-0.05, 0) is 11.6 Å². The van der Waals surface area contributed by atoms with Crippen LogP contribution < -0.4 is 0 Å². The molecule has 0 radical (unpaired) electrons. The van der Waals surface area contributed by atoms with Gasteiger partial charge in [-0.3, -0.25) is 0 Å². The van der Waals surface area contributed by atoms with Crippen LogP contribution in [0.1, 0.15) is 11.1 Å². The van der Waals surface area contributed by atoms with Crippen LogP contribution in [0.5, 0.6) is 0 Å². The van der Waals surface area contributed by atoms with E-state index in [4.69, 9.17) is 9.47 Å². The fourth-order valence-electron chi connectivity index (χ4n) is 2.20. The standard InChI is InChI=1S/C13H10O7/c14-8-5-6-3-1-2-4-7(6)13(8)19-11(17)9(15)10(16)12(18)20-13/h1-5,9-10,14-16H. The Labute approximate surface area is 112 Å². The minimum atomic E-state index is -2.15. The molecular formula is C13H10O7. The zero-order valence-electron chi connectivity index (χ0n) is 10.0. The summed E-state index contributed by atoms with van der Waals surface area (Å²) >= 11 is 0. The number of aliphatic hydroxyl groups excluding tert-OH is 3. The van der Waals surface area contributed by atoms with Crippen molar-refractivity contribution in [1.82, 2.24) is 0 Å². The van der Waals surface area contributed by atoms with Gasteiger partial charge in [-0.1, -0.05) is 24.3 Å². The van der Waals surface area contributed by atoms with Gasteiger partial charge in [0.1, 0.15) is 0 Å². The van der Waals surface area contributed by atoms with E-state index >= 15 is 0 Å². The lowest BCUT2D eigenvalue weighted by Crippen LogP contribution is -2.38. The Morgan fingerprint density at radius 3 is 2.15 bits per heavy atom. The molecule has 20 heavy (non-hydrogen) atoms. The summed E-state index contributed by atoms with van der Waals surface area (Å²) in [4.78, 5) is 23.4. The third-order valence-corrected chi connectivity index (χ3v) is 3.22. The van der Waals surface area contributed by atoms with E-state index in [2.05, 4.69) is 0 Å². The van der Waals surface area contributed by atoms with Gasteiger partial charge in [0.15, 0.2) is 18.0 Å². The van der Waals surface area contributed by atoms with Gasteiger partial charge < -0.3 is 24.8 Å². The Bertz CT molecular complexity index is 611. The molecule has 1 saturated heterocycles. The maximum absolute atomic E-state index is 11.7. The Balaban J connectivity index is 2.15. The van der Waals surface area contributed by atoms with Crippen molar-refractivity contribution in [1.29, 1.82) is 0 Å². The van der Waals surface area contributed by atoms with Crippen molar-refractivity contribution in [2.24, 2.45) is 0 Å². The number of carbonyl (C=O) groups is 2. The van der Waals surface area contributed by atoms with Gasteiger partial charge in [0, 0.05) is 0 Å². The summed E-state index contributed by atoms with van der Waals surface area (Å²) in [5, 5.41) is 28.9. The molecule has 0 aromatic heterocycles. The molecule has 0 saturated carbocycles. The number of hydrogen-bond donors (Lipinski definition) is 3. The van der Waals surface area contributed by atoms with Crippen LogP contribution >= 0.6 is 0 Å². The van der Waals surface area contributed by atoms with Gasteiger partial charge in [0.05, 0.1) is 5.56 Å². The quantitative estimate of drug-likeness (QED) is 0.552. The molecule has 1 aliphatic carbocycles. The highest BCUT2D eigenvalue weighted by Crippen LogP contribution is 2.44. The number of esters is 2. The van der Waals surface area contributed by atoms with Crippen LogP contribution in [0.2, 0.25) is 0 Å². The lowest BCUT2D eigenvalue weighted by atomic mass is 10.1. The second-order valence-corrected chi connectivity index (χ2v) is 4.47. The monoisotopic (exact) mass is 278 g/mol. The number of rotatable bonds is 0. The van der Waals surface area contributed by atoms with E-state index in [-0.39, 0.29) is 5.56 Å². The Morgan fingerprint density at radius 2 is 1.55 bits per heavy atom. The third kappa shape index (κ3) is 1.54. The Morgan fingerprint density at radius 1 is 1.00 bits per heavy atom. The maximum atomic E-state index is 11.7. The fraction of sp³-hybridized carbons (Fsp3) is 0.231. The lowest BCUT2D eigenvalue weighted by Gasteiger charge is -2.27. The van der Waals surface area contributed by atoms with Crippen molar-refractivity contribution in [3.8, 4) is 0 Å². The second-order valence-electron chi connectivity index (χ2n) is 4.47. The van der Waals surface area contributed by atoms with Crippen molar-refractivity contribution in [3.05, 3.63) is 41.2 Å². The number of benzene rings is 1. The first kappa shape index (κ1) is 12.6. The first-order valence-electron chi connectivity index (χ1n) is 5.78. The van der Waals surface area contributed by atoms with E-state index in [0.29, 0.717) is 5.56 Å². The predicted octanol–water partition coefficient (Wildman–Crippen LogP) is -0.426. The third-order valence-electron chi connectivity index (χ3n) is 3.22. The Hall–Kier alpha value is -2.38. The molecule has 2 aliphatic rings. The molecule has 1 aromatic carbocycles. The summed E-state index contributed by atoms with van der Waals surface area (Å²) in [5.41, 5.74) is 0.733. The number of fused-ring (bicyclic) bond motifs is 2. The van der Waals surface area contributed by atoms with Gasteiger partial charge >= 0.3 is 17.7 Å². The summed E-state index contributed by atoms with van der Waals surface area (Å²) in [6.07, 6.45) is -2.86. The smallest absolute Gasteiger partial charge is 0.343 e. The van der Waals surface area contributed by atoms with Crippen molar-refractivity contribution < 1.29 is 34.4 Å². The van der Waals surface area contributed by atoms with Crippen LogP contribution in [-0.2, 0) is 24.8 Å². The summed E-state index contributed by atoms with van der Waals surface area (Å²) in [5.74, 6) is -5.19. The molecule has 0 bridgehead atoms. The molecule has 2 atom stereocenters. The highest BCUT2D eigenvalue weighted by molar-refractivity contribution is 5.88. The van der Waals surface area contributed by atoms with E-state index in [1.54, 1.807) is 18.2 Å². The zero-order valence-corrected chi connectivity index (χ0v) is 10.0. The molecule has 1 heterocycles. The van der Waals surface area contributed by atoms with Crippen LogP contribution in [0.15, 0.2) is 30.0 Å². The molecule has 104 valence electrons. The van der Waals surface area contributed by atoms with E-state index in [1.807, 2.05) is 0 Å². The van der Waals surface area contributed by atoms with Crippen molar-refractivity contribution in [3.63, 3.8) is 0 Å². The number of carbonyl (C=O) groups excluding carboxylic acids is 2. The van der Waals surface area contributed by atoms with Gasteiger partial charge in [-0.2, -0.15) is 0 Å². The van der Waals surface area contributed by atoms with Gasteiger partial charge in [0.2, 0.25) is 0 Å². The number of aliphatic hydroxyl groups is 3. The summed E-state index contributed by atoms with van der Waals surface area (Å²) in [6, 6.07) is 6.41. The van der Waals surface area contributed by atoms with Crippen LogP contribution in [-0.4, -0.2) is 39.5 Å². The average Bonchev–Trinajstić information content (AvgIpc) is 2.65. The van der Waals surface area contributed by atoms with Crippen LogP contribution in [0, 0.1) is 0 Å². The molecule has 1 spiro atoms. The lowest BCUT2D eigenvalue weighted by molar-refractivity contribution is -0.224. The molecule has 7 nitrogen and oxygen atoms in total. The van der Waals surface area contributed by atoms with E-state index in [1.165, 1.54) is 12.1 Å². The number of hydrogen-bond acceptors (Lipinski definition) is 7. The molecule has 0 amide bonds. The highest BCUT2D eigenvalue weighted by Gasteiger charge is 2.55. The summed E-state index contributed by atoms with van der Waals surface area (Å²) in [7, 11) is 0. The first-order valence-corrected chi connectivity index (χ1v) is 5.78. The summed E-state index contributed by atoms with van der Waals surface area (Å²) < 4.78 is 9.88. The van der Waals surface area contributed by atoms with Gasteiger partial charge in [0.25, 0.3) is 0 Å². The van der Waals surface area contributed by atoms with Crippen LogP contribution in [0.25, 0.3) is 6.08 Å². The second kappa shape index (κ2) is 4.06. The van der Waals surface area contributed by atoms with Crippen molar-refractivity contribution in [2.75, 3.05) is 0 Å². The molecule has 1 fully saturated rings. The largest absolute Gasteiger partial charge is 0.505 e. The summed E-state index contributed by atoms with van der Waals surface area (Å²) in [6.45, 7) is 0. The van der Waals surface area contributed by atoms with Crippen molar-refractivity contribution in [2.45, 2.75) is 18.0 Å². The highest BCUT2D eigenvalue weighted by atomic mass is 16.8. The SMILES string of the molecule is O=C1OC2(OC(=O)C(O)C1O)C(O)=Cc1ccccc12. The van der Waals surface area contributed by atoms with E-state index in [0.717, 1.165) is 0 Å². The molecule has 3 N–H and O–H groups in total. The molecule has 1 aromatic rings. The van der Waals surface area contributed by atoms with E-state index < -0.39 is 35.7 Å². The normalized spacial score (nSPS) is 32.2. The maximum Gasteiger partial charge on any atom is 0.343 e. The minimum Gasteiger partial charge on any atom is -0.505 e. The van der Waals surface area contributed by atoms with Crippen molar-refractivity contribution >= 4 is 18.0 Å². The van der Waals surface area contributed by atoms with E-state index in [9.17, 15) is 24.9 Å². The topological polar surface area (TPSA) is 113 Å². The molecule has 2 unspecified atom stereocenters. The van der Waals surface area contributed by atoms with Crippen LogP contribution in [0.3, 0.4) is 0 Å². The fourth-order valence-corrected chi connectivity index (χ4v) is 2.20.